The Morgan fingerprint density at radius 3 is 3.12 bits per heavy atom. The number of carbonyl (C=O) groups is 1. The standard InChI is InChI=1S/C18H23N5O/c1-19-18(24)17-9-16(21-13-22-17)8-14-5-3-7-23(11-14)12-15-4-2-6-20-10-15/h2,4,6,9-10,13-14H,3,5,7-8,11-12H2,1H3,(H,19,24)/t14-/m1/s1. The highest BCUT2D eigenvalue weighted by molar-refractivity contribution is 5.91. The first-order chi connectivity index (χ1) is 11.7. The van der Waals surface area contributed by atoms with Crippen LogP contribution in [0, 0.1) is 5.92 Å². The summed E-state index contributed by atoms with van der Waals surface area (Å²) in [6.07, 6.45) is 8.50. The number of amides is 1. The van der Waals surface area contributed by atoms with Gasteiger partial charge in [-0.05, 0) is 49.4 Å². The summed E-state index contributed by atoms with van der Waals surface area (Å²) in [6.45, 7) is 3.12. The summed E-state index contributed by atoms with van der Waals surface area (Å²) in [5.41, 5.74) is 2.63. The fourth-order valence-electron chi connectivity index (χ4n) is 3.27. The molecular formula is C18H23N5O. The van der Waals surface area contributed by atoms with Gasteiger partial charge in [-0.25, -0.2) is 9.97 Å². The third-order valence-corrected chi connectivity index (χ3v) is 4.41. The van der Waals surface area contributed by atoms with E-state index in [4.69, 9.17) is 0 Å². The van der Waals surface area contributed by atoms with E-state index in [1.165, 1.54) is 24.7 Å². The molecule has 1 fully saturated rings. The number of carbonyl (C=O) groups excluding carboxylic acids is 1. The zero-order valence-electron chi connectivity index (χ0n) is 14.0. The lowest BCUT2D eigenvalue weighted by Gasteiger charge is -2.32. The van der Waals surface area contributed by atoms with Gasteiger partial charge in [-0.3, -0.25) is 14.7 Å². The van der Waals surface area contributed by atoms with Gasteiger partial charge in [-0.1, -0.05) is 6.07 Å². The molecular weight excluding hydrogens is 302 g/mol. The van der Waals surface area contributed by atoms with Crippen LogP contribution in [0.15, 0.2) is 36.9 Å². The Kier molecular flexibility index (Phi) is 5.48. The average molecular weight is 325 g/mol. The van der Waals surface area contributed by atoms with Crippen LogP contribution in [0.1, 0.15) is 34.6 Å². The molecule has 24 heavy (non-hydrogen) atoms. The molecule has 6 nitrogen and oxygen atoms in total. The van der Waals surface area contributed by atoms with Gasteiger partial charge in [0.2, 0.25) is 0 Å². The lowest BCUT2D eigenvalue weighted by atomic mass is 9.93. The molecule has 1 amide bonds. The van der Waals surface area contributed by atoms with E-state index in [-0.39, 0.29) is 5.91 Å². The summed E-state index contributed by atoms with van der Waals surface area (Å²) in [5.74, 6) is 0.392. The van der Waals surface area contributed by atoms with Gasteiger partial charge in [-0.2, -0.15) is 0 Å². The maximum Gasteiger partial charge on any atom is 0.269 e. The molecule has 0 aliphatic carbocycles. The molecule has 1 saturated heterocycles. The molecule has 0 radical (unpaired) electrons. The highest BCUT2D eigenvalue weighted by Crippen LogP contribution is 2.21. The highest BCUT2D eigenvalue weighted by atomic mass is 16.1. The van der Waals surface area contributed by atoms with Crippen LogP contribution < -0.4 is 5.32 Å². The van der Waals surface area contributed by atoms with Gasteiger partial charge in [-0.15, -0.1) is 0 Å². The number of hydrogen-bond acceptors (Lipinski definition) is 5. The Morgan fingerprint density at radius 2 is 2.33 bits per heavy atom. The summed E-state index contributed by atoms with van der Waals surface area (Å²) >= 11 is 0. The number of piperidine rings is 1. The summed E-state index contributed by atoms with van der Waals surface area (Å²) in [7, 11) is 1.61. The Bertz CT molecular complexity index is 676. The van der Waals surface area contributed by atoms with Crippen molar-refractivity contribution in [2.24, 2.45) is 5.92 Å². The van der Waals surface area contributed by atoms with E-state index in [9.17, 15) is 4.79 Å². The first-order valence-corrected chi connectivity index (χ1v) is 8.39. The second kappa shape index (κ2) is 7.97. The van der Waals surface area contributed by atoms with Crippen LogP contribution in [0.2, 0.25) is 0 Å². The predicted molar refractivity (Wildman–Crippen MR) is 91.4 cm³/mol. The molecule has 1 N–H and O–H groups in total. The Balaban J connectivity index is 1.60. The van der Waals surface area contributed by atoms with Gasteiger partial charge in [0.1, 0.15) is 12.0 Å². The minimum Gasteiger partial charge on any atom is -0.354 e. The molecule has 3 rings (SSSR count). The first kappa shape index (κ1) is 16.5. The van der Waals surface area contributed by atoms with Crippen molar-refractivity contribution in [1.29, 1.82) is 0 Å². The number of pyridine rings is 1. The molecule has 0 unspecified atom stereocenters. The second-order valence-corrected chi connectivity index (χ2v) is 6.28. The predicted octanol–water partition coefficient (Wildman–Crippen LogP) is 1.69. The molecule has 2 aromatic rings. The number of nitrogens with one attached hydrogen (secondary N) is 1. The number of hydrogen-bond donors (Lipinski definition) is 1. The van der Waals surface area contributed by atoms with Gasteiger partial charge < -0.3 is 5.32 Å². The van der Waals surface area contributed by atoms with Crippen molar-refractivity contribution >= 4 is 5.91 Å². The van der Waals surface area contributed by atoms with Crippen LogP contribution >= 0.6 is 0 Å². The van der Waals surface area contributed by atoms with Crippen LogP contribution in [0.4, 0.5) is 0 Å². The third-order valence-electron chi connectivity index (χ3n) is 4.41. The van der Waals surface area contributed by atoms with Crippen molar-refractivity contribution in [3.8, 4) is 0 Å². The Hall–Kier alpha value is -2.34. The van der Waals surface area contributed by atoms with Gasteiger partial charge in [0.15, 0.2) is 0 Å². The maximum absolute atomic E-state index is 11.7. The highest BCUT2D eigenvalue weighted by Gasteiger charge is 2.21. The fraction of sp³-hybridized carbons (Fsp3) is 0.444. The average Bonchev–Trinajstić information content (AvgIpc) is 2.62. The van der Waals surface area contributed by atoms with Gasteiger partial charge in [0, 0.05) is 38.2 Å². The van der Waals surface area contributed by atoms with E-state index in [1.807, 2.05) is 18.5 Å². The smallest absolute Gasteiger partial charge is 0.269 e. The molecule has 1 aliphatic heterocycles. The fourth-order valence-corrected chi connectivity index (χ4v) is 3.27. The summed E-state index contributed by atoms with van der Waals surface area (Å²) in [6, 6.07) is 5.91. The minimum atomic E-state index is -0.166. The van der Waals surface area contributed by atoms with Crippen LogP contribution in [0.3, 0.4) is 0 Å². The number of rotatable bonds is 5. The zero-order valence-corrected chi connectivity index (χ0v) is 14.0. The maximum atomic E-state index is 11.7. The van der Waals surface area contributed by atoms with E-state index >= 15 is 0 Å². The van der Waals surface area contributed by atoms with Crippen LogP contribution in [-0.2, 0) is 13.0 Å². The van der Waals surface area contributed by atoms with Crippen molar-refractivity contribution in [1.82, 2.24) is 25.2 Å². The molecule has 1 atom stereocenters. The van der Waals surface area contributed by atoms with E-state index in [2.05, 4.69) is 31.2 Å². The topological polar surface area (TPSA) is 71.0 Å². The molecule has 1 aliphatic rings. The summed E-state index contributed by atoms with van der Waals surface area (Å²) in [5, 5.41) is 2.60. The van der Waals surface area contributed by atoms with Crippen LogP contribution in [0.25, 0.3) is 0 Å². The minimum absolute atomic E-state index is 0.166. The van der Waals surface area contributed by atoms with E-state index < -0.39 is 0 Å². The second-order valence-electron chi connectivity index (χ2n) is 6.28. The molecule has 2 aromatic heterocycles. The SMILES string of the molecule is CNC(=O)c1cc(C[C@H]2CCCN(Cc3cccnc3)C2)ncn1. The van der Waals surface area contributed by atoms with Crippen molar-refractivity contribution in [2.75, 3.05) is 20.1 Å². The zero-order chi connectivity index (χ0) is 16.8. The summed E-state index contributed by atoms with van der Waals surface area (Å²) in [4.78, 5) is 26.7. The number of likely N-dealkylation sites (tertiary alicyclic amines) is 1. The summed E-state index contributed by atoms with van der Waals surface area (Å²) < 4.78 is 0. The van der Waals surface area contributed by atoms with Crippen LogP contribution in [-0.4, -0.2) is 45.9 Å². The Labute approximate surface area is 142 Å². The molecule has 126 valence electrons. The molecule has 3 heterocycles. The molecule has 0 bridgehead atoms. The van der Waals surface area contributed by atoms with Crippen LogP contribution in [0.5, 0.6) is 0 Å². The van der Waals surface area contributed by atoms with Crippen molar-refractivity contribution in [3.05, 3.63) is 53.9 Å². The number of nitrogens with zero attached hydrogens (tertiary/aromatic N) is 4. The van der Waals surface area contributed by atoms with Gasteiger partial charge in [0.25, 0.3) is 5.91 Å². The molecule has 6 heteroatoms. The molecule has 0 aromatic carbocycles. The quantitative estimate of drug-likeness (QED) is 0.906. The first-order valence-electron chi connectivity index (χ1n) is 8.39. The normalized spacial score (nSPS) is 18.3. The Morgan fingerprint density at radius 1 is 1.42 bits per heavy atom. The van der Waals surface area contributed by atoms with Gasteiger partial charge in [0.05, 0.1) is 0 Å². The lowest BCUT2D eigenvalue weighted by molar-refractivity contribution is 0.0957. The lowest BCUT2D eigenvalue weighted by Crippen LogP contribution is -2.35. The van der Waals surface area contributed by atoms with E-state index in [0.717, 1.165) is 31.7 Å². The van der Waals surface area contributed by atoms with E-state index in [0.29, 0.717) is 11.6 Å². The van der Waals surface area contributed by atoms with Crippen molar-refractivity contribution < 1.29 is 4.79 Å². The largest absolute Gasteiger partial charge is 0.354 e. The number of aromatic nitrogens is 3. The monoisotopic (exact) mass is 325 g/mol. The van der Waals surface area contributed by atoms with Crippen molar-refractivity contribution in [3.63, 3.8) is 0 Å². The van der Waals surface area contributed by atoms with Gasteiger partial charge >= 0.3 is 0 Å². The molecule has 0 saturated carbocycles. The third kappa shape index (κ3) is 4.35. The van der Waals surface area contributed by atoms with E-state index in [1.54, 1.807) is 13.1 Å². The molecule has 0 spiro atoms. The van der Waals surface area contributed by atoms with Crippen molar-refractivity contribution in [2.45, 2.75) is 25.8 Å².